The Hall–Kier alpha value is -1.95. The lowest BCUT2D eigenvalue weighted by Gasteiger charge is -2.15. The van der Waals surface area contributed by atoms with Crippen LogP contribution in [0.2, 0.25) is 0 Å². The lowest BCUT2D eigenvalue weighted by Crippen LogP contribution is -2.32. The van der Waals surface area contributed by atoms with Crippen LogP contribution >= 0.6 is 0 Å². The van der Waals surface area contributed by atoms with Crippen LogP contribution in [0.15, 0.2) is 18.5 Å². The number of fused-ring (bicyclic) bond motifs is 1. The first-order chi connectivity index (χ1) is 8.66. The third-order valence-corrected chi connectivity index (χ3v) is 3.60. The molecule has 0 saturated heterocycles. The Kier molecular flexibility index (Phi) is 2.52. The molecule has 6 heteroatoms. The van der Waals surface area contributed by atoms with Crippen molar-refractivity contribution in [2.24, 2.45) is 11.7 Å². The zero-order valence-electron chi connectivity index (χ0n) is 9.98. The molecule has 1 aliphatic carbocycles. The summed E-state index contributed by atoms with van der Waals surface area (Å²) in [7, 11) is 0. The van der Waals surface area contributed by atoms with Crippen LogP contribution in [0.4, 0.5) is 0 Å². The molecule has 2 aromatic heterocycles. The Bertz CT molecular complexity index is 652. The van der Waals surface area contributed by atoms with Crippen LogP contribution in [-0.2, 0) is 0 Å². The van der Waals surface area contributed by atoms with Gasteiger partial charge in [0.1, 0.15) is 11.3 Å². The van der Waals surface area contributed by atoms with Crippen molar-refractivity contribution in [2.75, 3.05) is 0 Å². The number of rotatable bonds is 1. The minimum absolute atomic E-state index is 0.148. The van der Waals surface area contributed by atoms with Gasteiger partial charge < -0.3 is 10.7 Å². The molecule has 0 amide bonds. The summed E-state index contributed by atoms with van der Waals surface area (Å²) >= 11 is 0. The summed E-state index contributed by atoms with van der Waals surface area (Å²) in [4.78, 5) is 7.14. The first-order valence-corrected chi connectivity index (χ1v) is 6.11. The SMILES string of the molecule is N=C([C@@H]1CC[C@H](N)C1)n1c(=N)cnc2[nH]ccc21. The van der Waals surface area contributed by atoms with Crippen LogP contribution in [-0.4, -0.2) is 26.4 Å². The quantitative estimate of drug-likeness (QED) is 0.440. The van der Waals surface area contributed by atoms with E-state index in [2.05, 4.69) is 9.97 Å². The van der Waals surface area contributed by atoms with Gasteiger partial charge in [0.2, 0.25) is 0 Å². The Morgan fingerprint density at radius 2 is 2.33 bits per heavy atom. The van der Waals surface area contributed by atoms with E-state index >= 15 is 0 Å². The van der Waals surface area contributed by atoms with Crippen LogP contribution in [0.1, 0.15) is 19.3 Å². The lowest BCUT2D eigenvalue weighted by molar-refractivity contribution is 0.658. The highest BCUT2D eigenvalue weighted by Gasteiger charge is 2.27. The molecule has 2 heterocycles. The van der Waals surface area contributed by atoms with Crippen molar-refractivity contribution in [3.8, 4) is 0 Å². The number of aromatic amines is 1. The molecule has 0 aliphatic heterocycles. The molecule has 3 rings (SSSR count). The molecule has 94 valence electrons. The largest absolute Gasteiger partial charge is 0.345 e. The molecule has 5 N–H and O–H groups in total. The number of nitrogens with zero attached hydrogens (tertiary/aromatic N) is 2. The van der Waals surface area contributed by atoms with Crippen LogP contribution in [0.5, 0.6) is 0 Å². The molecule has 1 fully saturated rings. The molecule has 0 unspecified atom stereocenters. The predicted molar refractivity (Wildman–Crippen MR) is 68.4 cm³/mol. The van der Waals surface area contributed by atoms with Crippen molar-refractivity contribution >= 4 is 17.0 Å². The van der Waals surface area contributed by atoms with E-state index in [1.165, 1.54) is 6.20 Å². The molecule has 2 atom stereocenters. The van der Waals surface area contributed by atoms with Crippen molar-refractivity contribution in [1.29, 1.82) is 10.8 Å². The van der Waals surface area contributed by atoms with Gasteiger partial charge in [-0.25, -0.2) is 4.98 Å². The smallest absolute Gasteiger partial charge is 0.154 e. The highest BCUT2D eigenvalue weighted by atomic mass is 15.1. The minimum Gasteiger partial charge on any atom is -0.345 e. The topological polar surface area (TPSA) is 107 Å². The summed E-state index contributed by atoms with van der Waals surface area (Å²) < 4.78 is 1.65. The molecular weight excluding hydrogens is 228 g/mol. The summed E-state index contributed by atoms with van der Waals surface area (Å²) in [5.74, 6) is 0.606. The second-order valence-corrected chi connectivity index (χ2v) is 4.85. The third kappa shape index (κ3) is 1.65. The fourth-order valence-electron chi connectivity index (χ4n) is 2.66. The lowest BCUT2D eigenvalue weighted by atomic mass is 10.1. The van der Waals surface area contributed by atoms with Crippen molar-refractivity contribution in [1.82, 2.24) is 14.5 Å². The van der Waals surface area contributed by atoms with Gasteiger partial charge >= 0.3 is 0 Å². The summed E-state index contributed by atoms with van der Waals surface area (Å²) in [5, 5.41) is 16.3. The van der Waals surface area contributed by atoms with Gasteiger partial charge in [-0.2, -0.15) is 0 Å². The predicted octanol–water partition coefficient (Wildman–Crippen LogP) is 0.797. The van der Waals surface area contributed by atoms with Crippen molar-refractivity contribution in [3.05, 3.63) is 23.9 Å². The van der Waals surface area contributed by atoms with E-state index in [4.69, 9.17) is 16.6 Å². The molecule has 18 heavy (non-hydrogen) atoms. The van der Waals surface area contributed by atoms with E-state index in [0.717, 1.165) is 24.8 Å². The Morgan fingerprint density at radius 1 is 1.50 bits per heavy atom. The zero-order valence-corrected chi connectivity index (χ0v) is 9.98. The second-order valence-electron chi connectivity index (χ2n) is 4.85. The Labute approximate surface area is 104 Å². The average Bonchev–Trinajstić information content (AvgIpc) is 2.96. The highest BCUT2D eigenvalue weighted by Crippen LogP contribution is 2.26. The number of nitrogens with two attached hydrogens (primary N) is 1. The summed E-state index contributed by atoms with van der Waals surface area (Å²) in [6.45, 7) is 0. The standard InChI is InChI=1S/C12H16N6/c13-8-2-1-7(5-8)11(15)18-9-3-4-16-12(9)17-6-10(18)14/h3-4,6-8,14-16H,1-2,5,13H2/t7-,8+/m1/s1. The monoisotopic (exact) mass is 244 g/mol. The van der Waals surface area contributed by atoms with Gasteiger partial charge in [0.05, 0.1) is 11.7 Å². The minimum atomic E-state index is 0.148. The van der Waals surface area contributed by atoms with E-state index in [9.17, 15) is 0 Å². The van der Waals surface area contributed by atoms with Crippen molar-refractivity contribution < 1.29 is 0 Å². The molecule has 0 bridgehead atoms. The van der Waals surface area contributed by atoms with E-state index < -0.39 is 0 Å². The van der Waals surface area contributed by atoms with Gasteiger partial charge in [-0.3, -0.25) is 15.4 Å². The first kappa shape index (κ1) is 11.2. The van der Waals surface area contributed by atoms with Crippen molar-refractivity contribution in [2.45, 2.75) is 25.3 Å². The van der Waals surface area contributed by atoms with Gasteiger partial charge in [-0.1, -0.05) is 0 Å². The Balaban J connectivity index is 2.08. The van der Waals surface area contributed by atoms with Crippen LogP contribution in [0.25, 0.3) is 11.2 Å². The van der Waals surface area contributed by atoms with Gasteiger partial charge in [0.25, 0.3) is 0 Å². The summed E-state index contributed by atoms with van der Waals surface area (Å²) in [5.41, 5.74) is 7.64. The molecule has 0 spiro atoms. The van der Waals surface area contributed by atoms with E-state index in [0.29, 0.717) is 11.5 Å². The fourth-order valence-corrected chi connectivity index (χ4v) is 2.66. The maximum absolute atomic E-state index is 8.32. The normalized spacial score (nSPS) is 23.6. The molecule has 2 aromatic rings. The molecule has 0 radical (unpaired) electrons. The van der Waals surface area contributed by atoms with Crippen LogP contribution in [0, 0.1) is 16.7 Å². The van der Waals surface area contributed by atoms with Gasteiger partial charge in [0, 0.05) is 18.2 Å². The fraction of sp³-hybridized carbons (Fsp3) is 0.417. The maximum atomic E-state index is 8.32. The second kappa shape index (κ2) is 4.06. The maximum Gasteiger partial charge on any atom is 0.154 e. The average molecular weight is 244 g/mol. The molecule has 1 saturated carbocycles. The number of nitrogens with one attached hydrogen (secondary N) is 3. The van der Waals surface area contributed by atoms with E-state index in [1.54, 1.807) is 10.8 Å². The number of hydrogen-bond acceptors (Lipinski definition) is 4. The first-order valence-electron chi connectivity index (χ1n) is 6.11. The van der Waals surface area contributed by atoms with Gasteiger partial charge in [-0.15, -0.1) is 0 Å². The van der Waals surface area contributed by atoms with E-state index in [-0.39, 0.29) is 17.4 Å². The molecule has 1 aliphatic rings. The van der Waals surface area contributed by atoms with E-state index in [1.807, 2.05) is 6.07 Å². The van der Waals surface area contributed by atoms with Crippen molar-refractivity contribution in [3.63, 3.8) is 0 Å². The van der Waals surface area contributed by atoms with Gasteiger partial charge in [0.15, 0.2) is 5.65 Å². The van der Waals surface area contributed by atoms with Crippen LogP contribution < -0.4 is 11.2 Å². The zero-order chi connectivity index (χ0) is 12.7. The number of hydrogen-bond donors (Lipinski definition) is 4. The van der Waals surface area contributed by atoms with Gasteiger partial charge in [-0.05, 0) is 25.3 Å². The van der Waals surface area contributed by atoms with Crippen LogP contribution in [0.3, 0.4) is 0 Å². The summed E-state index contributed by atoms with van der Waals surface area (Å²) in [6.07, 6.45) is 5.98. The number of aromatic nitrogens is 3. The highest BCUT2D eigenvalue weighted by molar-refractivity contribution is 5.91. The molecule has 6 nitrogen and oxygen atoms in total. The molecular formula is C12H16N6. The third-order valence-electron chi connectivity index (χ3n) is 3.60. The Morgan fingerprint density at radius 3 is 3.06 bits per heavy atom. The summed E-state index contributed by atoms with van der Waals surface area (Å²) in [6, 6.07) is 2.04. The number of H-pyrrole nitrogens is 1. The molecule has 0 aromatic carbocycles.